The fourth-order valence-corrected chi connectivity index (χ4v) is 5.24. The van der Waals surface area contributed by atoms with Crippen LogP contribution in [0.25, 0.3) is 0 Å². The van der Waals surface area contributed by atoms with Crippen LogP contribution >= 0.6 is 11.6 Å². The molecule has 1 heterocycles. The summed E-state index contributed by atoms with van der Waals surface area (Å²) >= 11 is 6.09. The second-order valence-electron chi connectivity index (χ2n) is 7.11. The number of nitrogens with zero attached hydrogens (tertiary/aromatic N) is 1. The summed E-state index contributed by atoms with van der Waals surface area (Å²) in [6, 6.07) is 7.52. The first-order valence-corrected chi connectivity index (χ1v) is 10.7. The summed E-state index contributed by atoms with van der Waals surface area (Å²) in [5.41, 5.74) is 0.671. The second-order valence-corrected chi connectivity index (χ2v) is 9.69. The van der Waals surface area contributed by atoms with E-state index in [0.717, 1.165) is 24.9 Å². The molecule has 5 nitrogen and oxygen atoms in total. The minimum atomic E-state index is -3.07. The number of benzene rings is 1. The highest BCUT2D eigenvalue weighted by molar-refractivity contribution is 7.90. The van der Waals surface area contributed by atoms with Crippen molar-refractivity contribution in [1.29, 1.82) is 0 Å². The number of piperazine rings is 1. The minimum absolute atomic E-state index is 0.0441. The molecule has 1 saturated heterocycles. The average molecular weight is 371 g/mol. The molecule has 24 heavy (non-hydrogen) atoms. The number of carbonyl (C=O) groups excluding carboxylic acids is 1. The van der Waals surface area contributed by atoms with Crippen LogP contribution in [0.5, 0.6) is 0 Å². The number of rotatable bonds is 5. The van der Waals surface area contributed by atoms with E-state index in [9.17, 15) is 13.2 Å². The Kier molecular flexibility index (Phi) is 4.91. The van der Waals surface area contributed by atoms with Gasteiger partial charge in [-0.05, 0) is 36.0 Å². The lowest BCUT2D eigenvalue weighted by atomic mass is 9.99. The SMILES string of the molecule is CS(=O)(=O)CC1(CC(=O)N2CCNCC2c2cccc(Cl)c2)CC1. The van der Waals surface area contributed by atoms with E-state index in [1.165, 1.54) is 6.26 Å². The quantitative estimate of drug-likeness (QED) is 0.861. The van der Waals surface area contributed by atoms with Crippen LogP contribution in [-0.2, 0) is 14.6 Å². The predicted octanol–water partition coefficient (Wildman–Crippen LogP) is 2.03. The normalized spacial score (nSPS) is 23.1. The van der Waals surface area contributed by atoms with Gasteiger partial charge >= 0.3 is 0 Å². The first-order chi connectivity index (χ1) is 11.3. The number of hydrogen-bond donors (Lipinski definition) is 1. The zero-order valence-corrected chi connectivity index (χ0v) is 15.4. The van der Waals surface area contributed by atoms with Crippen LogP contribution in [0, 0.1) is 5.41 Å². The van der Waals surface area contributed by atoms with Gasteiger partial charge in [-0.2, -0.15) is 0 Å². The highest BCUT2D eigenvalue weighted by Gasteiger charge is 2.48. The number of amides is 1. The smallest absolute Gasteiger partial charge is 0.223 e. The highest BCUT2D eigenvalue weighted by Crippen LogP contribution is 2.50. The van der Waals surface area contributed by atoms with Crippen molar-refractivity contribution in [3.63, 3.8) is 0 Å². The number of nitrogens with one attached hydrogen (secondary N) is 1. The molecule has 0 spiro atoms. The summed E-state index contributed by atoms with van der Waals surface area (Å²) in [4.78, 5) is 14.8. The van der Waals surface area contributed by atoms with Crippen molar-refractivity contribution in [1.82, 2.24) is 10.2 Å². The first-order valence-electron chi connectivity index (χ1n) is 8.21. The van der Waals surface area contributed by atoms with Gasteiger partial charge in [-0.3, -0.25) is 4.79 Å². The third-order valence-electron chi connectivity index (χ3n) is 4.85. The number of carbonyl (C=O) groups is 1. The topological polar surface area (TPSA) is 66.5 Å². The van der Waals surface area contributed by atoms with Crippen LogP contribution in [0.1, 0.15) is 30.9 Å². The Bertz CT molecular complexity index is 731. The molecule has 132 valence electrons. The lowest BCUT2D eigenvalue weighted by Gasteiger charge is -2.37. The van der Waals surface area contributed by atoms with Crippen LogP contribution in [0.2, 0.25) is 5.02 Å². The monoisotopic (exact) mass is 370 g/mol. The third-order valence-corrected chi connectivity index (χ3v) is 6.22. The standard InChI is InChI=1S/C17H23ClN2O3S/c1-24(22,23)12-17(5-6-17)10-16(21)20-8-7-19-11-15(20)13-3-2-4-14(18)9-13/h2-4,9,15,19H,5-8,10-12H2,1H3. The van der Waals surface area contributed by atoms with Gasteiger partial charge in [0.05, 0.1) is 11.8 Å². The van der Waals surface area contributed by atoms with E-state index in [2.05, 4.69) is 5.32 Å². The van der Waals surface area contributed by atoms with Gasteiger partial charge in [-0.15, -0.1) is 0 Å². The maximum atomic E-state index is 12.9. The lowest BCUT2D eigenvalue weighted by molar-refractivity contribution is -0.135. The molecule has 2 aliphatic rings. The molecule has 1 atom stereocenters. The molecule has 1 saturated carbocycles. The van der Waals surface area contributed by atoms with E-state index in [1.807, 2.05) is 29.2 Å². The average Bonchev–Trinajstić information content (AvgIpc) is 3.24. The van der Waals surface area contributed by atoms with Crippen molar-refractivity contribution in [2.45, 2.75) is 25.3 Å². The van der Waals surface area contributed by atoms with Gasteiger partial charge in [0.1, 0.15) is 9.84 Å². The van der Waals surface area contributed by atoms with Crippen LogP contribution in [0.3, 0.4) is 0 Å². The second kappa shape index (κ2) is 6.65. The van der Waals surface area contributed by atoms with Crippen molar-refractivity contribution < 1.29 is 13.2 Å². The van der Waals surface area contributed by atoms with Gasteiger partial charge in [0, 0.05) is 37.3 Å². The number of halogens is 1. The zero-order chi connectivity index (χ0) is 17.4. The molecule has 0 aromatic heterocycles. The molecule has 0 radical (unpaired) electrons. The van der Waals surface area contributed by atoms with E-state index in [1.54, 1.807) is 0 Å². The molecule has 1 amide bonds. The molecule has 0 bridgehead atoms. The molecule has 3 rings (SSSR count). The Balaban J connectivity index is 1.75. The van der Waals surface area contributed by atoms with Crippen LogP contribution in [0.15, 0.2) is 24.3 Å². The Morgan fingerprint density at radius 2 is 2.17 bits per heavy atom. The molecule has 2 fully saturated rings. The van der Waals surface area contributed by atoms with Gasteiger partial charge in [-0.1, -0.05) is 23.7 Å². The summed E-state index contributed by atoms with van der Waals surface area (Å²) in [5, 5.41) is 3.98. The Hall–Kier alpha value is -1.11. The van der Waals surface area contributed by atoms with Gasteiger partial charge in [-0.25, -0.2) is 8.42 Å². The van der Waals surface area contributed by atoms with E-state index < -0.39 is 9.84 Å². The molecule has 1 aliphatic heterocycles. The Labute approximate surface area is 148 Å². The molecule has 7 heteroatoms. The van der Waals surface area contributed by atoms with E-state index in [0.29, 0.717) is 24.5 Å². The molecule has 1 aromatic carbocycles. The van der Waals surface area contributed by atoms with Crippen LogP contribution in [0.4, 0.5) is 0 Å². The van der Waals surface area contributed by atoms with Gasteiger partial charge in [0.15, 0.2) is 0 Å². The highest BCUT2D eigenvalue weighted by atomic mass is 35.5. The Morgan fingerprint density at radius 3 is 2.79 bits per heavy atom. The summed E-state index contributed by atoms with van der Waals surface area (Å²) in [6.45, 7) is 2.07. The minimum Gasteiger partial charge on any atom is -0.333 e. The fraction of sp³-hybridized carbons (Fsp3) is 0.588. The van der Waals surface area contributed by atoms with Crippen LogP contribution in [-0.4, -0.2) is 50.9 Å². The molecule has 1 aliphatic carbocycles. The van der Waals surface area contributed by atoms with Crippen molar-refractivity contribution >= 4 is 27.3 Å². The van der Waals surface area contributed by atoms with E-state index >= 15 is 0 Å². The van der Waals surface area contributed by atoms with Crippen molar-refractivity contribution in [3.05, 3.63) is 34.9 Å². The van der Waals surface area contributed by atoms with Gasteiger partial charge < -0.3 is 10.2 Å². The van der Waals surface area contributed by atoms with Gasteiger partial charge in [0.2, 0.25) is 5.91 Å². The number of hydrogen-bond acceptors (Lipinski definition) is 4. The van der Waals surface area contributed by atoms with Crippen LogP contribution < -0.4 is 5.32 Å². The number of sulfone groups is 1. The summed E-state index contributed by atoms with van der Waals surface area (Å²) in [6.07, 6.45) is 3.20. The molecule has 1 N–H and O–H groups in total. The summed E-state index contributed by atoms with van der Waals surface area (Å²) < 4.78 is 23.2. The molecule has 1 unspecified atom stereocenters. The summed E-state index contributed by atoms with van der Waals surface area (Å²) in [5.74, 6) is 0.155. The Morgan fingerprint density at radius 1 is 1.42 bits per heavy atom. The summed E-state index contributed by atoms with van der Waals surface area (Å²) in [7, 11) is -3.07. The largest absolute Gasteiger partial charge is 0.333 e. The molecular formula is C17H23ClN2O3S. The first kappa shape index (κ1) is 17.7. The van der Waals surface area contributed by atoms with Crippen molar-refractivity contribution in [2.24, 2.45) is 5.41 Å². The van der Waals surface area contributed by atoms with Crippen molar-refractivity contribution in [2.75, 3.05) is 31.6 Å². The maximum absolute atomic E-state index is 12.9. The third kappa shape index (κ3) is 4.29. The van der Waals surface area contributed by atoms with E-state index in [-0.39, 0.29) is 23.1 Å². The maximum Gasteiger partial charge on any atom is 0.223 e. The molecule has 1 aromatic rings. The molecular weight excluding hydrogens is 348 g/mol. The lowest BCUT2D eigenvalue weighted by Crippen LogP contribution is -2.49. The fourth-order valence-electron chi connectivity index (χ4n) is 3.54. The van der Waals surface area contributed by atoms with Gasteiger partial charge in [0.25, 0.3) is 0 Å². The predicted molar refractivity (Wildman–Crippen MR) is 94.8 cm³/mol. The van der Waals surface area contributed by atoms with Crippen molar-refractivity contribution in [3.8, 4) is 0 Å². The van der Waals surface area contributed by atoms with E-state index in [4.69, 9.17) is 11.6 Å². The zero-order valence-electron chi connectivity index (χ0n) is 13.8.